The number of rotatable bonds is 0. The molecule has 1 rings (SSSR count). The minimum atomic E-state index is 1.50. The van der Waals surface area contributed by atoms with Crippen LogP contribution in [0.4, 0.5) is 0 Å². The Morgan fingerprint density at radius 2 is 0.875 bits per heavy atom. The van der Waals surface area contributed by atoms with Gasteiger partial charge in [0.05, 0.1) is 0 Å². The summed E-state index contributed by atoms with van der Waals surface area (Å²) in [7, 11) is 6.00. The van der Waals surface area contributed by atoms with Crippen LogP contribution in [-0.2, 0) is 0 Å². The molecule has 0 unspecified atom stereocenters. The van der Waals surface area contributed by atoms with E-state index in [-0.39, 0.29) is 0 Å². The normalized spacial score (nSPS) is 16.5. The summed E-state index contributed by atoms with van der Waals surface area (Å²) in [4.78, 5) is 2.00. The molecule has 1 saturated carbocycles. The van der Waals surface area contributed by atoms with Crippen molar-refractivity contribution in [3.05, 3.63) is 0 Å². The molecule has 1 fully saturated rings. The van der Waals surface area contributed by atoms with Gasteiger partial charge in [0.15, 0.2) is 0 Å². The summed E-state index contributed by atoms with van der Waals surface area (Å²) in [6, 6.07) is 0. The summed E-state index contributed by atoms with van der Waals surface area (Å²) in [6.07, 6.45) is 6.00. The summed E-state index contributed by atoms with van der Waals surface area (Å²) < 4.78 is 0. The molecule has 0 heterocycles. The van der Waals surface area contributed by atoms with Crippen LogP contribution >= 0.6 is 0 Å². The lowest BCUT2D eigenvalue weighted by atomic mass is 10.0. The average molecular weight is 115 g/mol. The molecule has 50 valence electrons. The highest BCUT2D eigenvalue weighted by Crippen LogP contribution is 2.15. The maximum absolute atomic E-state index is 2.00. The predicted octanol–water partition coefficient (Wildman–Crippen LogP) is 1.74. The summed E-state index contributed by atoms with van der Waals surface area (Å²) in [5, 5.41) is 0. The first kappa shape index (κ1) is 7.96. The monoisotopic (exact) mass is 115 g/mol. The lowest BCUT2D eigenvalue weighted by molar-refractivity contribution is 0.504. The van der Waals surface area contributed by atoms with Crippen LogP contribution in [0.2, 0.25) is 0 Å². The van der Waals surface area contributed by atoms with E-state index in [1.165, 1.54) is 25.7 Å². The van der Waals surface area contributed by atoms with Gasteiger partial charge in [0, 0.05) is 0 Å². The first-order valence-electron chi connectivity index (χ1n) is 3.34. The van der Waals surface area contributed by atoms with E-state index < -0.39 is 0 Å². The van der Waals surface area contributed by atoms with Gasteiger partial charge in [-0.2, -0.15) is 0 Å². The van der Waals surface area contributed by atoms with Crippen molar-refractivity contribution < 1.29 is 0 Å². The third kappa shape index (κ3) is 9.35. The van der Waals surface area contributed by atoms with E-state index in [2.05, 4.69) is 0 Å². The Kier molecular flexibility index (Phi) is 5.08. The second-order valence-corrected chi connectivity index (χ2v) is 2.76. The third-order valence-corrected chi connectivity index (χ3v) is 1.000. The van der Waals surface area contributed by atoms with Crippen molar-refractivity contribution in [3.63, 3.8) is 0 Å². The van der Waals surface area contributed by atoms with Crippen molar-refractivity contribution in [2.45, 2.75) is 25.7 Å². The Morgan fingerprint density at radius 1 is 0.750 bits per heavy atom. The summed E-state index contributed by atoms with van der Waals surface area (Å²) >= 11 is 0. The molecule has 1 heteroatoms. The fraction of sp³-hybridized carbons (Fsp3) is 1.00. The van der Waals surface area contributed by atoms with Gasteiger partial charge in [-0.25, -0.2) is 0 Å². The van der Waals surface area contributed by atoms with E-state index >= 15 is 0 Å². The largest absolute Gasteiger partial charge is 0.312 e. The quantitative estimate of drug-likeness (QED) is 0.465. The van der Waals surface area contributed by atoms with Gasteiger partial charge >= 0.3 is 0 Å². The highest BCUT2D eigenvalue weighted by atomic mass is 15.0. The number of nitrogens with zero attached hydrogens (tertiary/aromatic N) is 1. The minimum absolute atomic E-state index is 1.50. The van der Waals surface area contributed by atoms with Gasteiger partial charge in [0.1, 0.15) is 0 Å². The maximum atomic E-state index is 2.00. The zero-order valence-corrected chi connectivity index (χ0v) is 6.28. The molecule has 0 aromatic carbocycles. The van der Waals surface area contributed by atoms with Crippen LogP contribution in [0.25, 0.3) is 0 Å². The molecule has 0 N–H and O–H groups in total. The van der Waals surface area contributed by atoms with Crippen molar-refractivity contribution in [2.24, 2.45) is 0 Å². The van der Waals surface area contributed by atoms with Crippen molar-refractivity contribution in [3.8, 4) is 0 Å². The highest BCUT2D eigenvalue weighted by Gasteiger charge is 1.95. The third-order valence-electron chi connectivity index (χ3n) is 1.000. The SMILES string of the molecule is C1CCC1.CN(C)C. The topological polar surface area (TPSA) is 3.24 Å². The maximum Gasteiger partial charge on any atom is -0.0140 e. The molecule has 0 amide bonds. The van der Waals surface area contributed by atoms with Gasteiger partial charge in [0.25, 0.3) is 0 Å². The van der Waals surface area contributed by atoms with E-state index in [9.17, 15) is 0 Å². The lowest BCUT2D eigenvalue weighted by Crippen LogP contribution is -1.99. The van der Waals surface area contributed by atoms with E-state index in [0.29, 0.717) is 0 Å². The summed E-state index contributed by atoms with van der Waals surface area (Å²) in [5.41, 5.74) is 0. The van der Waals surface area contributed by atoms with E-state index in [1.807, 2.05) is 26.0 Å². The molecule has 0 aliphatic heterocycles. The molecule has 0 aromatic rings. The molecule has 8 heavy (non-hydrogen) atoms. The molecule has 0 radical (unpaired) electrons. The van der Waals surface area contributed by atoms with Gasteiger partial charge in [-0.3, -0.25) is 0 Å². The molecule has 1 aliphatic rings. The second kappa shape index (κ2) is 5.10. The van der Waals surface area contributed by atoms with Gasteiger partial charge in [-0.15, -0.1) is 0 Å². The smallest absolute Gasteiger partial charge is 0.0140 e. The standard InChI is InChI=1S/C4H8.C3H9N/c1-2-4-3-1;1-4(2)3/h1-4H2;1-3H3. The molecule has 0 aromatic heterocycles. The van der Waals surface area contributed by atoms with Gasteiger partial charge in [-0.05, 0) is 21.1 Å². The first-order valence-corrected chi connectivity index (χ1v) is 3.34. The van der Waals surface area contributed by atoms with E-state index in [1.54, 1.807) is 0 Å². The van der Waals surface area contributed by atoms with Crippen molar-refractivity contribution in [2.75, 3.05) is 21.1 Å². The lowest BCUT2D eigenvalue weighted by Gasteiger charge is -2.05. The Labute approximate surface area is 52.7 Å². The molecule has 0 bridgehead atoms. The fourth-order valence-corrected chi connectivity index (χ4v) is 0.250. The average Bonchev–Trinajstić information content (AvgIpc) is 1.19. The zero-order valence-electron chi connectivity index (χ0n) is 6.28. The summed E-state index contributed by atoms with van der Waals surface area (Å²) in [6.45, 7) is 0. The zero-order chi connectivity index (χ0) is 6.41. The molecular weight excluding hydrogens is 98.1 g/mol. The van der Waals surface area contributed by atoms with Crippen LogP contribution in [0.15, 0.2) is 0 Å². The van der Waals surface area contributed by atoms with E-state index in [4.69, 9.17) is 0 Å². The molecule has 0 spiro atoms. The Bertz CT molecular complexity index is 30.9. The van der Waals surface area contributed by atoms with Gasteiger partial charge in [-0.1, -0.05) is 25.7 Å². The fourth-order valence-electron chi connectivity index (χ4n) is 0.250. The highest BCUT2D eigenvalue weighted by molar-refractivity contribution is 4.50. The Morgan fingerprint density at radius 3 is 0.875 bits per heavy atom. The Hall–Kier alpha value is -0.0400. The Balaban J connectivity index is 0.000000122. The van der Waals surface area contributed by atoms with Crippen LogP contribution in [0.3, 0.4) is 0 Å². The minimum Gasteiger partial charge on any atom is -0.312 e. The number of hydrogen-bond acceptors (Lipinski definition) is 1. The van der Waals surface area contributed by atoms with Gasteiger partial charge in [0.2, 0.25) is 0 Å². The molecule has 0 atom stereocenters. The van der Waals surface area contributed by atoms with Gasteiger partial charge < -0.3 is 4.90 Å². The van der Waals surface area contributed by atoms with Crippen LogP contribution in [-0.4, -0.2) is 26.0 Å². The van der Waals surface area contributed by atoms with Crippen LogP contribution in [0, 0.1) is 0 Å². The van der Waals surface area contributed by atoms with Crippen molar-refractivity contribution >= 4 is 0 Å². The van der Waals surface area contributed by atoms with Crippen LogP contribution < -0.4 is 0 Å². The van der Waals surface area contributed by atoms with Crippen LogP contribution in [0.1, 0.15) is 25.7 Å². The molecular formula is C7H17N. The van der Waals surface area contributed by atoms with E-state index in [0.717, 1.165) is 0 Å². The van der Waals surface area contributed by atoms with Crippen molar-refractivity contribution in [1.82, 2.24) is 4.90 Å². The predicted molar refractivity (Wildman–Crippen MR) is 38.1 cm³/mol. The van der Waals surface area contributed by atoms with Crippen LogP contribution in [0.5, 0.6) is 0 Å². The van der Waals surface area contributed by atoms with Crippen molar-refractivity contribution in [1.29, 1.82) is 0 Å². The second-order valence-electron chi connectivity index (χ2n) is 2.76. The number of hydrogen-bond donors (Lipinski definition) is 0. The molecule has 1 aliphatic carbocycles. The molecule has 1 nitrogen and oxygen atoms in total. The molecule has 0 saturated heterocycles. The first-order chi connectivity index (χ1) is 3.73. The summed E-state index contributed by atoms with van der Waals surface area (Å²) in [5.74, 6) is 0.